The van der Waals surface area contributed by atoms with Crippen molar-refractivity contribution in [1.29, 1.82) is 0 Å². The third-order valence-electron chi connectivity index (χ3n) is 2.90. The van der Waals surface area contributed by atoms with Gasteiger partial charge in [-0.25, -0.2) is 4.98 Å². The lowest BCUT2D eigenvalue weighted by Crippen LogP contribution is -2.17. The SMILES string of the molecule is COc1ccc(OCCn2cnc(CC(C)N)c2)cc1. The van der Waals surface area contributed by atoms with Gasteiger partial charge in [0, 0.05) is 18.7 Å². The zero-order valence-electron chi connectivity index (χ0n) is 12.0. The van der Waals surface area contributed by atoms with E-state index in [-0.39, 0.29) is 6.04 Å². The number of hydrogen-bond donors (Lipinski definition) is 1. The third-order valence-corrected chi connectivity index (χ3v) is 2.90. The fourth-order valence-electron chi connectivity index (χ4n) is 1.90. The van der Waals surface area contributed by atoms with Crippen molar-refractivity contribution >= 4 is 0 Å². The van der Waals surface area contributed by atoms with Crippen molar-refractivity contribution in [3.63, 3.8) is 0 Å². The summed E-state index contributed by atoms with van der Waals surface area (Å²) < 4.78 is 12.8. The highest BCUT2D eigenvalue weighted by molar-refractivity contribution is 5.31. The van der Waals surface area contributed by atoms with Crippen LogP contribution in [0.4, 0.5) is 0 Å². The van der Waals surface area contributed by atoms with Crippen LogP contribution in [0.3, 0.4) is 0 Å². The van der Waals surface area contributed by atoms with E-state index >= 15 is 0 Å². The number of hydrogen-bond acceptors (Lipinski definition) is 4. The van der Waals surface area contributed by atoms with Gasteiger partial charge < -0.3 is 19.8 Å². The predicted molar refractivity (Wildman–Crippen MR) is 78.1 cm³/mol. The first-order valence-corrected chi connectivity index (χ1v) is 6.70. The number of nitrogens with zero attached hydrogens (tertiary/aromatic N) is 2. The normalized spacial score (nSPS) is 12.2. The molecule has 0 aliphatic rings. The molecule has 0 fully saturated rings. The first-order chi connectivity index (χ1) is 9.67. The quantitative estimate of drug-likeness (QED) is 0.838. The fourth-order valence-corrected chi connectivity index (χ4v) is 1.90. The molecule has 0 saturated carbocycles. The topological polar surface area (TPSA) is 62.3 Å². The van der Waals surface area contributed by atoms with Crippen molar-refractivity contribution < 1.29 is 9.47 Å². The number of aromatic nitrogens is 2. The molecule has 1 atom stereocenters. The summed E-state index contributed by atoms with van der Waals surface area (Å²) >= 11 is 0. The fraction of sp³-hybridized carbons (Fsp3) is 0.400. The maximum absolute atomic E-state index is 5.75. The number of benzene rings is 1. The summed E-state index contributed by atoms with van der Waals surface area (Å²) in [5, 5.41) is 0. The molecular weight excluding hydrogens is 254 g/mol. The van der Waals surface area contributed by atoms with Crippen LogP contribution in [-0.2, 0) is 13.0 Å². The summed E-state index contributed by atoms with van der Waals surface area (Å²) in [5.74, 6) is 1.66. The van der Waals surface area contributed by atoms with E-state index in [2.05, 4.69) is 4.98 Å². The van der Waals surface area contributed by atoms with Crippen LogP contribution >= 0.6 is 0 Å². The first kappa shape index (κ1) is 14.4. The zero-order valence-corrected chi connectivity index (χ0v) is 12.0. The largest absolute Gasteiger partial charge is 0.497 e. The van der Waals surface area contributed by atoms with Gasteiger partial charge in [-0.2, -0.15) is 0 Å². The highest BCUT2D eigenvalue weighted by Crippen LogP contribution is 2.16. The van der Waals surface area contributed by atoms with Gasteiger partial charge in [0.25, 0.3) is 0 Å². The summed E-state index contributed by atoms with van der Waals surface area (Å²) in [5.41, 5.74) is 6.77. The lowest BCUT2D eigenvalue weighted by molar-refractivity contribution is 0.297. The lowest BCUT2D eigenvalue weighted by Gasteiger charge is -2.07. The molecule has 2 rings (SSSR count). The Morgan fingerprint density at radius 1 is 1.25 bits per heavy atom. The molecule has 1 heterocycles. The molecule has 0 aliphatic carbocycles. The van der Waals surface area contributed by atoms with Gasteiger partial charge in [0.05, 0.1) is 25.7 Å². The van der Waals surface area contributed by atoms with Crippen molar-refractivity contribution in [3.8, 4) is 11.5 Å². The minimum absolute atomic E-state index is 0.133. The van der Waals surface area contributed by atoms with Crippen molar-refractivity contribution in [2.75, 3.05) is 13.7 Å². The van der Waals surface area contributed by atoms with Crippen LogP contribution in [0.1, 0.15) is 12.6 Å². The van der Waals surface area contributed by atoms with Crippen molar-refractivity contribution in [2.45, 2.75) is 25.9 Å². The number of rotatable bonds is 7. The van der Waals surface area contributed by atoms with E-state index in [4.69, 9.17) is 15.2 Å². The summed E-state index contributed by atoms with van der Waals surface area (Å²) in [6, 6.07) is 7.69. The van der Waals surface area contributed by atoms with Gasteiger partial charge in [0.2, 0.25) is 0 Å². The van der Waals surface area contributed by atoms with Crippen LogP contribution in [0.25, 0.3) is 0 Å². The Bertz CT molecular complexity index is 520. The van der Waals surface area contributed by atoms with Crippen LogP contribution in [0.15, 0.2) is 36.8 Å². The molecule has 5 nitrogen and oxygen atoms in total. The molecular formula is C15H21N3O2. The van der Waals surface area contributed by atoms with Gasteiger partial charge in [0.15, 0.2) is 0 Å². The molecule has 1 aromatic heterocycles. The van der Waals surface area contributed by atoms with E-state index in [0.717, 1.165) is 30.2 Å². The van der Waals surface area contributed by atoms with E-state index in [1.54, 1.807) is 7.11 Å². The average Bonchev–Trinajstić information content (AvgIpc) is 2.86. The molecule has 1 unspecified atom stereocenters. The molecule has 0 saturated heterocycles. The third kappa shape index (κ3) is 4.28. The van der Waals surface area contributed by atoms with E-state index in [0.29, 0.717) is 6.61 Å². The Kier molecular flexibility index (Phi) is 5.01. The van der Waals surface area contributed by atoms with E-state index in [1.807, 2.05) is 48.3 Å². The Balaban J connectivity index is 1.78. The maximum atomic E-state index is 5.75. The lowest BCUT2D eigenvalue weighted by atomic mass is 10.2. The number of ether oxygens (including phenoxy) is 2. The molecule has 0 radical (unpaired) electrons. The number of imidazole rings is 1. The monoisotopic (exact) mass is 275 g/mol. The first-order valence-electron chi connectivity index (χ1n) is 6.70. The zero-order chi connectivity index (χ0) is 14.4. The minimum atomic E-state index is 0.133. The molecule has 0 bridgehead atoms. The highest BCUT2D eigenvalue weighted by Gasteiger charge is 2.02. The molecule has 2 aromatic rings. The Morgan fingerprint density at radius 3 is 2.60 bits per heavy atom. The smallest absolute Gasteiger partial charge is 0.119 e. The van der Waals surface area contributed by atoms with Crippen LogP contribution in [0.2, 0.25) is 0 Å². The second kappa shape index (κ2) is 6.96. The van der Waals surface area contributed by atoms with Gasteiger partial charge in [-0.05, 0) is 31.2 Å². The van der Waals surface area contributed by atoms with Gasteiger partial charge in [-0.3, -0.25) is 0 Å². The van der Waals surface area contributed by atoms with Crippen LogP contribution in [0, 0.1) is 0 Å². The maximum Gasteiger partial charge on any atom is 0.119 e. The molecule has 0 spiro atoms. The summed E-state index contributed by atoms with van der Waals surface area (Å²) in [7, 11) is 1.65. The second-order valence-corrected chi connectivity index (χ2v) is 4.81. The Hall–Kier alpha value is -2.01. The average molecular weight is 275 g/mol. The van der Waals surface area contributed by atoms with E-state index in [9.17, 15) is 0 Å². The molecule has 2 N–H and O–H groups in total. The molecule has 20 heavy (non-hydrogen) atoms. The van der Waals surface area contributed by atoms with Crippen LogP contribution in [0.5, 0.6) is 11.5 Å². The Labute approximate surface area is 119 Å². The molecule has 108 valence electrons. The molecule has 0 aliphatic heterocycles. The molecule has 1 aromatic carbocycles. The highest BCUT2D eigenvalue weighted by atomic mass is 16.5. The minimum Gasteiger partial charge on any atom is -0.497 e. The summed E-state index contributed by atoms with van der Waals surface area (Å²) in [4.78, 5) is 4.32. The van der Waals surface area contributed by atoms with Gasteiger partial charge >= 0.3 is 0 Å². The predicted octanol–water partition coefficient (Wildman–Crippen LogP) is 1.86. The van der Waals surface area contributed by atoms with E-state index < -0.39 is 0 Å². The van der Waals surface area contributed by atoms with Crippen LogP contribution < -0.4 is 15.2 Å². The molecule has 0 amide bonds. The summed E-state index contributed by atoms with van der Waals surface area (Å²) in [6.45, 7) is 3.34. The number of nitrogens with two attached hydrogens (primary N) is 1. The second-order valence-electron chi connectivity index (χ2n) is 4.81. The summed E-state index contributed by atoms with van der Waals surface area (Å²) in [6.07, 6.45) is 4.63. The van der Waals surface area contributed by atoms with Crippen LogP contribution in [-0.4, -0.2) is 29.3 Å². The standard InChI is InChI=1S/C15H21N3O2/c1-12(16)9-13-10-18(11-17-13)7-8-20-15-5-3-14(19-2)4-6-15/h3-6,10-12H,7-9,16H2,1-2H3. The van der Waals surface area contributed by atoms with Gasteiger partial charge in [-0.1, -0.05) is 0 Å². The van der Waals surface area contributed by atoms with Crippen molar-refractivity contribution in [2.24, 2.45) is 5.73 Å². The number of methoxy groups -OCH3 is 1. The van der Waals surface area contributed by atoms with Gasteiger partial charge in [0.1, 0.15) is 18.1 Å². The Morgan fingerprint density at radius 2 is 1.95 bits per heavy atom. The van der Waals surface area contributed by atoms with Gasteiger partial charge in [-0.15, -0.1) is 0 Å². The van der Waals surface area contributed by atoms with E-state index in [1.165, 1.54) is 0 Å². The molecule has 5 heteroatoms. The van der Waals surface area contributed by atoms with Crippen molar-refractivity contribution in [3.05, 3.63) is 42.5 Å². The van der Waals surface area contributed by atoms with Crippen molar-refractivity contribution in [1.82, 2.24) is 9.55 Å².